The Morgan fingerprint density at radius 2 is 1.83 bits per heavy atom. The summed E-state index contributed by atoms with van der Waals surface area (Å²) in [4.78, 5) is 23.6. The first-order chi connectivity index (χ1) is 11.7. The van der Waals surface area contributed by atoms with E-state index in [1.807, 2.05) is 18.2 Å². The fraction of sp³-hybridized carbons (Fsp3) is 0.263. The molecule has 3 rings (SSSR count). The second-order valence-corrected chi connectivity index (χ2v) is 5.77. The number of rotatable bonds is 4. The molecule has 1 heterocycles. The summed E-state index contributed by atoms with van der Waals surface area (Å²) in [5.41, 5.74) is 2.11. The third kappa shape index (κ3) is 3.56. The molecule has 0 aromatic heterocycles. The van der Waals surface area contributed by atoms with Gasteiger partial charge in [-0.3, -0.25) is 4.79 Å². The number of hydrogen-bond donors (Lipinski definition) is 1. The van der Waals surface area contributed by atoms with Gasteiger partial charge in [-0.25, -0.2) is 4.79 Å². The maximum atomic E-state index is 12.2. The van der Waals surface area contributed by atoms with Gasteiger partial charge in [0.05, 0.1) is 19.3 Å². The highest BCUT2D eigenvalue weighted by atomic mass is 16.5. The van der Waals surface area contributed by atoms with Crippen LogP contribution in [0.1, 0.15) is 26.3 Å². The van der Waals surface area contributed by atoms with E-state index in [9.17, 15) is 9.59 Å². The predicted molar refractivity (Wildman–Crippen MR) is 89.2 cm³/mol. The largest absolute Gasteiger partial charge is 0.493 e. The van der Waals surface area contributed by atoms with Gasteiger partial charge in [0.25, 0.3) is 5.91 Å². The van der Waals surface area contributed by atoms with Crippen molar-refractivity contribution in [1.29, 1.82) is 0 Å². The van der Waals surface area contributed by atoms with Gasteiger partial charge in [0, 0.05) is 18.0 Å². The normalized spacial score (nSPS) is 15.8. The number of nitrogens with one attached hydrogen (secondary N) is 1. The molecule has 1 N–H and O–H groups in total. The minimum atomic E-state index is -0.417. The number of carbonyl (C=O) groups excluding carboxylic acids is 2. The molecule has 0 aliphatic carbocycles. The van der Waals surface area contributed by atoms with E-state index < -0.39 is 5.97 Å². The van der Waals surface area contributed by atoms with Crippen molar-refractivity contribution in [1.82, 2.24) is 5.32 Å². The molecule has 5 nitrogen and oxygen atoms in total. The highest BCUT2D eigenvalue weighted by Gasteiger charge is 2.20. The molecule has 0 fully saturated rings. The van der Waals surface area contributed by atoms with Gasteiger partial charge >= 0.3 is 5.97 Å². The summed E-state index contributed by atoms with van der Waals surface area (Å²) in [5, 5.41) is 2.93. The van der Waals surface area contributed by atoms with Crippen molar-refractivity contribution >= 4 is 11.9 Å². The van der Waals surface area contributed by atoms with E-state index in [4.69, 9.17) is 4.74 Å². The standard InChI is InChI=1S/C19H19NO4/c1-23-19(22)15-8-6-14(7-9-15)18(21)20-11-13-10-16-4-2-3-5-17(16)24-12-13/h2-9,13H,10-12H2,1H3,(H,20,21). The Kier molecular flexibility index (Phi) is 4.79. The summed E-state index contributed by atoms with van der Waals surface area (Å²) in [6.07, 6.45) is 0.887. The Balaban J connectivity index is 1.55. The molecule has 1 aliphatic heterocycles. The van der Waals surface area contributed by atoms with Gasteiger partial charge in [0.15, 0.2) is 0 Å². The molecule has 24 heavy (non-hydrogen) atoms. The predicted octanol–water partition coefficient (Wildman–Crippen LogP) is 2.45. The lowest BCUT2D eigenvalue weighted by molar-refractivity contribution is 0.0600. The van der Waals surface area contributed by atoms with Crippen LogP contribution in [0, 0.1) is 5.92 Å². The van der Waals surface area contributed by atoms with Crippen LogP contribution in [0.3, 0.4) is 0 Å². The minimum Gasteiger partial charge on any atom is -0.493 e. The van der Waals surface area contributed by atoms with Crippen LogP contribution >= 0.6 is 0 Å². The molecule has 5 heteroatoms. The molecular weight excluding hydrogens is 306 g/mol. The number of carbonyl (C=O) groups is 2. The molecule has 1 amide bonds. The van der Waals surface area contributed by atoms with Gasteiger partial charge in [-0.15, -0.1) is 0 Å². The van der Waals surface area contributed by atoms with Crippen LogP contribution in [0.25, 0.3) is 0 Å². The quantitative estimate of drug-likeness (QED) is 0.877. The monoisotopic (exact) mass is 325 g/mol. The number of benzene rings is 2. The number of methoxy groups -OCH3 is 1. The zero-order valence-electron chi connectivity index (χ0n) is 13.5. The third-order valence-electron chi connectivity index (χ3n) is 4.08. The van der Waals surface area contributed by atoms with E-state index >= 15 is 0 Å². The Morgan fingerprint density at radius 3 is 2.58 bits per heavy atom. The van der Waals surface area contributed by atoms with Crippen LogP contribution in [0.15, 0.2) is 48.5 Å². The lowest BCUT2D eigenvalue weighted by Crippen LogP contribution is -2.34. The first-order valence-electron chi connectivity index (χ1n) is 7.84. The minimum absolute atomic E-state index is 0.162. The van der Waals surface area contributed by atoms with Gasteiger partial charge < -0.3 is 14.8 Å². The Morgan fingerprint density at radius 1 is 1.12 bits per heavy atom. The van der Waals surface area contributed by atoms with Crippen LogP contribution in [-0.2, 0) is 11.2 Å². The number of hydrogen-bond acceptors (Lipinski definition) is 4. The molecule has 1 aliphatic rings. The van der Waals surface area contributed by atoms with E-state index in [2.05, 4.69) is 16.1 Å². The summed E-state index contributed by atoms with van der Waals surface area (Å²) in [5.74, 6) is 0.599. The van der Waals surface area contributed by atoms with Crippen molar-refractivity contribution in [3.63, 3.8) is 0 Å². The molecule has 0 spiro atoms. The summed E-state index contributed by atoms with van der Waals surface area (Å²) in [6, 6.07) is 14.4. The molecule has 2 aromatic rings. The van der Waals surface area contributed by atoms with Crippen molar-refractivity contribution in [2.45, 2.75) is 6.42 Å². The van der Waals surface area contributed by atoms with Gasteiger partial charge in [0.2, 0.25) is 0 Å². The maximum Gasteiger partial charge on any atom is 0.337 e. The fourth-order valence-corrected chi connectivity index (χ4v) is 2.74. The molecule has 1 atom stereocenters. The first-order valence-corrected chi connectivity index (χ1v) is 7.84. The summed E-state index contributed by atoms with van der Waals surface area (Å²) >= 11 is 0. The van der Waals surface area contributed by atoms with E-state index in [-0.39, 0.29) is 11.8 Å². The van der Waals surface area contributed by atoms with E-state index in [1.165, 1.54) is 12.7 Å². The molecular formula is C19H19NO4. The van der Waals surface area contributed by atoms with Gasteiger partial charge in [-0.1, -0.05) is 18.2 Å². The second kappa shape index (κ2) is 7.17. The Bertz CT molecular complexity index is 739. The molecule has 0 saturated heterocycles. The van der Waals surface area contributed by atoms with Gasteiger partial charge in [0.1, 0.15) is 5.75 Å². The van der Waals surface area contributed by atoms with E-state index in [0.29, 0.717) is 24.3 Å². The van der Waals surface area contributed by atoms with Crippen molar-refractivity contribution in [2.75, 3.05) is 20.3 Å². The molecule has 0 radical (unpaired) electrons. The van der Waals surface area contributed by atoms with Crippen LogP contribution < -0.4 is 10.1 Å². The SMILES string of the molecule is COC(=O)c1ccc(C(=O)NCC2COc3ccccc3C2)cc1. The van der Waals surface area contributed by atoms with Crippen molar-refractivity contribution in [2.24, 2.45) is 5.92 Å². The van der Waals surface area contributed by atoms with Crippen molar-refractivity contribution < 1.29 is 19.1 Å². The molecule has 0 saturated carbocycles. The molecule has 124 valence electrons. The molecule has 0 bridgehead atoms. The van der Waals surface area contributed by atoms with Crippen molar-refractivity contribution in [3.8, 4) is 5.75 Å². The maximum absolute atomic E-state index is 12.2. The molecule has 1 unspecified atom stereocenters. The lowest BCUT2D eigenvalue weighted by Gasteiger charge is -2.25. The Labute approximate surface area is 140 Å². The number of esters is 1. The van der Waals surface area contributed by atoms with Crippen LogP contribution in [0.2, 0.25) is 0 Å². The summed E-state index contributed by atoms with van der Waals surface area (Å²) < 4.78 is 10.4. The lowest BCUT2D eigenvalue weighted by atomic mass is 9.96. The van der Waals surface area contributed by atoms with E-state index in [0.717, 1.165) is 12.2 Å². The highest BCUT2D eigenvalue weighted by molar-refractivity contribution is 5.96. The number of fused-ring (bicyclic) bond motifs is 1. The van der Waals surface area contributed by atoms with Crippen LogP contribution in [-0.4, -0.2) is 32.1 Å². The average molecular weight is 325 g/mol. The molecule has 2 aromatic carbocycles. The Hall–Kier alpha value is -2.82. The number of amides is 1. The topological polar surface area (TPSA) is 64.6 Å². The van der Waals surface area contributed by atoms with E-state index in [1.54, 1.807) is 24.3 Å². The van der Waals surface area contributed by atoms with Gasteiger partial charge in [-0.05, 0) is 42.3 Å². The number of ether oxygens (including phenoxy) is 2. The van der Waals surface area contributed by atoms with Gasteiger partial charge in [-0.2, -0.15) is 0 Å². The highest BCUT2D eigenvalue weighted by Crippen LogP contribution is 2.26. The third-order valence-corrected chi connectivity index (χ3v) is 4.08. The smallest absolute Gasteiger partial charge is 0.337 e. The zero-order valence-corrected chi connectivity index (χ0v) is 13.5. The average Bonchev–Trinajstić information content (AvgIpc) is 2.65. The van der Waals surface area contributed by atoms with Crippen LogP contribution in [0.4, 0.5) is 0 Å². The zero-order chi connectivity index (χ0) is 16.9. The number of para-hydroxylation sites is 1. The van der Waals surface area contributed by atoms with Crippen LogP contribution in [0.5, 0.6) is 5.75 Å². The summed E-state index contributed by atoms with van der Waals surface area (Å²) in [7, 11) is 1.33. The second-order valence-electron chi connectivity index (χ2n) is 5.77. The summed E-state index contributed by atoms with van der Waals surface area (Å²) in [6.45, 7) is 1.14. The van der Waals surface area contributed by atoms with Crippen molar-refractivity contribution in [3.05, 3.63) is 65.2 Å². The first kappa shape index (κ1) is 16.1. The fourth-order valence-electron chi connectivity index (χ4n) is 2.74.